The van der Waals surface area contributed by atoms with Gasteiger partial charge in [0.05, 0.1) is 5.69 Å². The number of rotatable bonds is 1. The first-order valence-electron chi connectivity index (χ1n) is 5.18. The molecule has 76 valence electrons. The molecule has 0 aliphatic carbocycles. The van der Waals surface area contributed by atoms with Gasteiger partial charge in [-0.1, -0.05) is 13.0 Å². The molecule has 0 bridgehead atoms. The van der Waals surface area contributed by atoms with E-state index in [1.807, 2.05) is 19.1 Å². The molecule has 0 amide bonds. The van der Waals surface area contributed by atoms with Crippen LogP contribution in [0.2, 0.25) is 0 Å². The van der Waals surface area contributed by atoms with Crippen molar-refractivity contribution in [2.45, 2.75) is 20.3 Å². The van der Waals surface area contributed by atoms with Crippen LogP contribution in [-0.2, 0) is 0 Å². The Kier molecular flexibility index (Phi) is 2.44. The van der Waals surface area contributed by atoms with E-state index >= 15 is 0 Å². The van der Waals surface area contributed by atoms with Gasteiger partial charge >= 0.3 is 0 Å². The quantitative estimate of drug-likeness (QED) is 0.662. The van der Waals surface area contributed by atoms with Crippen molar-refractivity contribution < 1.29 is 4.39 Å². The molecule has 14 heavy (non-hydrogen) atoms. The fraction of sp³-hybridized carbons (Fsp3) is 0.500. The molecule has 0 radical (unpaired) electrons. The number of nitrogens with zero attached hydrogens (tertiary/aromatic N) is 1. The predicted octanol–water partition coefficient (Wildman–Crippen LogP) is 2.98. The summed E-state index contributed by atoms with van der Waals surface area (Å²) in [5, 5.41) is 0. The van der Waals surface area contributed by atoms with Gasteiger partial charge in [-0.25, -0.2) is 4.39 Å². The van der Waals surface area contributed by atoms with E-state index in [1.165, 1.54) is 6.42 Å². The van der Waals surface area contributed by atoms with Crippen LogP contribution in [0.15, 0.2) is 18.2 Å². The highest BCUT2D eigenvalue weighted by molar-refractivity contribution is 5.49. The third-order valence-corrected chi connectivity index (χ3v) is 2.87. The van der Waals surface area contributed by atoms with Crippen molar-refractivity contribution in [3.63, 3.8) is 0 Å². The molecule has 1 fully saturated rings. The van der Waals surface area contributed by atoms with Crippen LogP contribution in [0.5, 0.6) is 0 Å². The first-order valence-corrected chi connectivity index (χ1v) is 5.18. The molecule has 2 rings (SSSR count). The van der Waals surface area contributed by atoms with Crippen LogP contribution in [0, 0.1) is 18.7 Å². The molecular formula is C12H16FN. The summed E-state index contributed by atoms with van der Waals surface area (Å²) in [5.74, 6) is 0.606. The highest BCUT2D eigenvalue weighted by atomic mass is 19.1. The molecule has 0 saturated carbocycles. The number of aryl methyl sites for hydroxylation is 1. The summed E-state index contributed by atoms with van der Waals surface area (Å²) in [6.45, 7) is 6.10. The van der Waals surface area contributed by atoms with Crippen LogP contribution in [0.25, 0.3) is 0 Å². The van der Waals surface area contributed by atoms with E-state index in [-0.39, 0.29) is 5.82 Å². The smallest absolute Gasteiger partial charge is 0.146 e. The van der Waals surface area contributed by atoms with Crippen molar-refractivity contribution in [1.29, 1.82) is 0 Å². The van der Waals surface area contributed by atoms with Gasteiger partial charge in [-0.15, -0.1) is 0 Å². The molecule has 1 atom stereocenters. The molecular weight excluding hydrogens is 177 g/mol. The van der Waals surface area contributed by atoms with Crippen LogP contribution in [0.1, 0.15) is 18.9 Å². The van der Waals surface area contributed by atoms with E-state index in [9.17, 15) is 4.39 Å². The summed E-state index contributed by atoms with van der Waals surface area (Å²) < 4.78 is 13.6. The molecule has 1 aromatic carbocycles. The first-order chi connectivity index (χ1) is 6.66. The van der Waals surface area contributed by atoms with E-state index in [0.29, 0.717) is 5.92 Å². The van der Waals surface area contributed by atoms with Crippen molar-refractivity contribution >= 4 is 5.69 Å². The summed E-state index contributed by atoms with van der Waals surface area (Å²) in [4.78, 5) is 2.14. The Hall–Kier alpha value is -1.05. The van der Waals surface area contributed by atoms with Crippen LogP contribution < -0.4 is 4.90 Å². The molecule has 1 saturated heterocycles. The average Bonchev–Trinajstić information content (AvgIpc) is 2.51. The summed E-state index contributed by atoms with van der Waals surface area (Å²) >= 11 is 0. The molecule has 1 aliphatic heterocycles. The molecule has 1 aromatic rings. The zero-order valence-electron chi connectivity index (χ0n) is 8.76. The van der Waals surface area contributed by atoms with Gasteiger partial charge in [-0.3, -0.25) is 0 Å². The fourth-order valence-electron chi connectivity index (χ4n) is 2.02. The van der Waals surface area contributed by atoms with E-state index < -0.39 is 0 Å². The predicted molar refractivity (Wildman–Crippen MR) is 57.1 cm³/mol. The third kappa shape index (κ3) is 1.74. The lowest BCUT2D eigenvalue weighted by Crippen LogP contribution is -2.20. The average molecular weight is 193 g/mol. The second-order valence-electron chi connectivity index (χ2n) is 4.29. The number of hydrogen-bond donors (Lipinski definition) is 0. The van der Waals surface area contributed by atoms with Crippen molar-refractivity contribution in [2.75, 3.05) is 18.0 Å². The topological polar surface area (TPSA) is 3.24 Å². The van der Waals surface area contributed by atoms with Crippen molar-refractivity contribution in [2.24, 2.45) is 5.92 Å². The maximum absolute atomic E-state index is 13.6. The molecule has 1 nitrogen and oxygen atoms in total. The standard InChI is InChI=1S/C12H16FN/c1-9-3-4-12(11(13)7-9)14-6-5-10(2)8-14/h3-4,7,10H,5-6,8H2,1-2H3. The Morgan fingerprint density at radius 2 is 2.21 bits per heavy atom. The Morgan fingerprint density at radius 1 is 1.43 bits per heavy atom. The van der Waals surface area contributed by atoms with Gasteiger partial charge in [0, 0.05) is 13.1 Å². The van der Waals surface area contributed by atoms with Crippen LogP contribution in [0.4, 0.5) is 10.1 Å². The van der Waals surface area contributed by atoms with Gasteiger partial charge in [0.25, 0.3) is 0 Å². The maximum Gasteiger partial charge on any atom is 0.146 e. The summed E-state index contributed by atoms with van der Waals surface area (Å²) in [6.07, 6.45) is 1.17. The molecule has 2 heteroatoms. The highest BCUT2D eigenvalue weighted by Crippen LogP contribution is 2.26. The van der Waals surface area contributed by atoms with E-state index in [0.717, 1.165) is 24.3 Å². The largest absolute Gasteiger partial charge is 0.369 e. The second-order valence-corrected chi connectivity index (χ2v) is 4.29. The minimum absolute atomic E-state index is 0.0842. The van der Waals surface area contributed by atoms with Crippen LogP contribution in [-0.4, -0.2) is 13.1 Å². The summed E-state index contributed by atoms with van der Waals surface area (Å²) in [7, 11) is 0. The zero-order chi connectivity index (χ0) is 10.1. The third-order valence-electron chi connectivity index (χ3n) is 2.87. The Labute approximate surface area is 84.5 Å². The summed E-state index contributed by atoms with van der Waals surface area (Å²) in [5.41, 5.74) is 1.75. The van der Waals surface area contributed by atoms with E-state index in [4.69, 9.17) is 0 Å². The van der Waals surface area contributed by atoms with Gasteiger partial charge in [0.1, 0.15) is 5.82 Å². The van der Waals surface area contributed by atoms with E-state index in [2.05, 4.69) is 11.8 Å². The molecule has 1 aliphatic rings. The highest BCUT2D eigenvalue weighted by Gasteiger charge is 2.20. The maximum atomic E-state index is 13.6. The Morgan fingerprint density at radius 3 is 2.79 bits per heavy atom. The van der Waals surface area contributed by atoms with Gasteiger partial charge in [0.2, 0.25) is 0 Å². The SMILES string of the molecule is Cc1ccc(N2CCC(C)C2)c(F)c1. The molecule has 0 N–H and O–H groups in total. The molecule has 0 spiro atoms. The lowest BCUT2D eigenvalue weighted by molar-refractivity contribution is 0.618. The van der Waals surface area contributed by atoms with Gasteiger partial charge in [-0.2, -0.15) is 0 Å². The number of anilines is 1. The minimum atomic E-state index is -0.0842. The van der Waals surface area contributed by atoms with Crippen LogP contribution >= 0.6 is 0 Å². The monoisotopic (exact) mass is 193 g/mol. The van der Waals surface area contributed by atoms with Gasteiger partial charge < -0.3 is 4.90 Å². The second kappa shape index (κ2) is 3.60. The minimum Gasteiger partial charge on any atom is -0.369 e. The van der Waals surface area contributed by atoms with Crippen molar-refractivity contribution in [3.8, 4) is 0 Å². The molecule has 1 unspecified atom stereocenters. The van der Waals surface area contributed by atoms with Gasteiger partial charge in [0.15, 0.2) is 0 Å². The first kappa shape index (κ1) is 9.50. The zero-order valence-corrected chi connectivity index (χ0v) is 8.76. The lowest BCUT2D eigenvalue weighted by Gasteiger charge is -2.18. The van der Waals surface area contributed by atoms with Gasteiger partial charge in [-0.05, 0) is 37.0 Å². The number of hydrogen-bond acceptors (Lipinski definition) is 1. The Bertz CT molecular complexity index is 335. The molecule has 1 heterocycles. The normalized spacial score (nSPS) is 21.6. The number of benzene rings is 1. The molecule has 0 aromatic heterocycles. The fourth-order valence-corrected chi connectivity index (χ4v) is 2.02. The van der Waals surface area contributed by atoms with E-state index in [1.54, 1.807) is 6.07 Å². The summed E-state index contributed by atoms with van der Waals surface area (Å²) in [6, 6.07) is 5.47. The van der Waals surface area contributed by atoms with Crippen molar-refractivity contribution in [3.05, 3.63) is 29.6 Å². The Balaban J connectivity index is 2.24. The van der Waals surface area contributed by atoms with Crippen LogP contribution in [0.3, 0.4) is 0 Å². The number of halogens is 1. The van der Waals surface area contributed by atoms with Crippen molar-refractivity contribution in [1.82, 2.24) is 0 Å². The lowest BCUT2D eigenvalue weighted by atomic mass is 10.2.